The highest BCUT2D eigenvalue weighted by Gasteiger charge is 2.46. The molecule has 0 radical (unpaired) electrons. The molecule has 3 aliphatic rings. The Bertz CT molecular complexity index is 575. The van der Waals surface area contributed by atoms with Gasteiger partial charge in [-0.15, -0.1) is 0 Å². The highest BCUT2D eigenvalue weighted by atomic mass is 16.5. The van der Waals surface area contributed by atoms with Crippen LogP contribution in [0, 0.1) is 11.8 Å². The number of methoxy groups -OCH3 is 1. The number of likely N-dealkylation sites (tertiary alicyclic amines) is 2. The third kappa shape index (κ3) is 3.33. The number of nitrogens with zero attached hydrogens (tertiary/aromatic N) is 3. The zero-order chi connectivity index (χ0) is 16.5. The predicted molar refractivity (Wildman–Crippen MR) is 91.3 cm³/mol. The first-order chi connectivity index (χ1) is 11.7. The Hall–Kier alpha value is -1.46. The lowest BCUT2D eigenvalue weighted by atomic mass is 9.88. The molecule has 130 valence electrons. The van der Waals surface area contributed by atoms with Gasteiger partial charge in [0.2, 0.25) is 5.91 Å². The first-order valence-electron chi connectivity index (χ1n) is 9.18. The number of hydrogen-bond acceptors (Lipinski definition) is 4. The van der Waals surface area contributed by atoms with Crippen molar-refractivity contribution in [3.05, 3.63) is 30.1 Å². The molecule has 1 saturated carbocycles. The highest BCUT2D eigenvalue weighted by Crippen LogP contribution is 2.37. The van der Waals surface area contributed by atoms with E-state index in [9.17, 15) is 4.79 Å². The molecule has 2 saturated heterocycles. The largest absolute Gasteiger partial charge is 0.381 e. The van der Waals surface area contributed by atoms with Crippen LogP contribution in [-0.4, -0.2) is 59.6 Å². The second kappa shape index (κ2) is 6.81. The highest BCUT2D eigenvalue weighted by molar-refractivity contribution is 5.77. The second-order valence-corrected chi connectivity index (χ2v) is 7.58. The van der Waals surface area contributed by atoms with Gasteiger partial charge < -0.3 is 9.64 Å². The first kappa shape index (κ1) is 16.0. The van der Waals surface area contributed by atoms with Crippen molar-refractivity contribution >= 4 is 5.91 Å². The predicted octanol–water partition coefficient (Wildman–Crippen LogP) is 1.93. The number of aromatic nitrogens is 1. The zero-order valence-electron chi connectivity index (χ0n) is 14.4. The van der Waals surface area contributed by atoms with Crippen molar-refractivity contribution in [1.29, 1.82) is 0 Å². The van der Waals surface area contributed by atoms with Crippen LogP contribution in [0.3, 0.4) is 0 Å². The summed E-state index contributed by atoms with van der Waals surface area (Å²) in [6, 6.07) is 4.42. The number of piperidine rings is 1. The fraction of sp³-hybridized carbons (Fsp3) is 0.684. The number of hydrogen-bond donors (Lipinski definition) is 0. The van der Waals surface area contributed by atoms with Gasteiger partial charge in [-0.1, -0.05) is 6.07 Å². The number of fused-ring (bicyclic) bond motifs is 1. The van der Waals surface area contributed by atoms with Gasteiger partial charge in [0.1, 0.15) is 0 Å². The molecule has 3 heterocycles. The Labute approximate surface area is 144 Å². The third-order valence-corrected chi connectivity index (χ3v) is 5.85. The molecular formula is C19H27N3O2. The Morgan fingerprint density at radius 3 is 2.92 bits per heavy atom. The zero-order valence-corrected chi connectivity index (χ0v) is 14.4. The van der Waals surface area contributed by atoms with Gasteiger partial charge in [-0.2, -0.15) is 0 Å². The molecule has 24 heavy (non-hydrogen) atoms. The number of ether oxygens (including phenoxy) is 1. The molecule has 2 aliphatic heterocycles. The molecule has 0 aromatic carbocycles. The summed E-state index contributed by atoms with van der Waals surface area (Å²) in [6.45, 7) is 3.72. The SMILES string of the molecule is CO[C@@H]1CCN(C(=O)CC2CC2)[C@@H]2CN(Cc3cccnc3)C[C@@H]21. The molecule has 0 bridgehead atoms. The van der Waals surface area contributed by atoms with Crippen LogP contribution in [0.4, 0.5) is 0 Å². The third-order valence-electron chi connectivity index (χ3n) is 5.85. The summed E-state index contributed by atoms with van der Waals surface area (Å²) < 4.78 is 5.75. The molecule has 1 aliphatic carbocycles. The van der Waals surface area contributed by atoms with Gasteiger partial charge in [-0.05, 0) is 36.8 Å². The van der Waals surface area contributed by atoms with Gasteiger partial charge in [0.05, 0.1) is 12.1 Å². The van der Waals surface area contributed by atoms with E-state index in [4.69, 9.17) is 4.74 Å². The molecular weight excluding hydrogens is 302 g/mol. The summed E-state index contributed by atoms with van der Waals surface area (Å²) in [5.41, 5.74) is 1.24. The van der Waals surface area contributed by atoms with Crippen molar-refractivity contribution in [2.24, 2.45) is 11.8 Å². The van der Waals surface area contributed by atoms with E-state index in [0.29, 0.717) is 23.8 Å². The molecule has 0 N–H and O–H groups in total. The molecule has 5 nitrogen and oxygen atoms in total. The monoisotopic (exact) mass is 329 g/mol. The molecule has 1 amide bonds. The van der Waals surface area contributed by atoms with Crippen LogP contribution in [0.1, 0.15) is 31.2 Å². The smallest absolute Gasteiger partial charge is 0.223 e. The van der Waals surface area contributed by atoms with Gasteiger partial charge in [0.15, 0.2) is 0 Å². The number of pyridine rings is 1. The summed E-state index contributed by atoms with van der Waals surface area (Å²) in [4.78, 5) is 21.6. The summed E-state index contributed by atoms with van der Waals surface area (Å²) in [6.07, 6.45) is 8.22. The molecule has 4 rings (SSSR count). The van der Waals surface area contributed by atoms with Crippen LogP contribution >= 0.6 is 0 Å². The number of amides is 1. The van der Waals surface area contributed by atoms with E-state index < -0.39 is 0 Å². The van der Waals surface area contributed by atoms with Crippen LogP contribution in [-0.2, 0) is 16.1 Å². The van der Waals surface area contributed by atoms with Gasteiger partial charge >= 0.3 is 0 Å². The van der Waals surface area contributed by atoms with Crippen LogP contribution in [0.2, 0.25) is 0 Å². The number of carbonyl (C=O) groups is 1. The maximum Gasteiger partial charge on any atom is 0.223 e. The Kier molecular flexibility index (Phi) is 4.55. The minimum atomic E-state index is 0.277. The maximum atomic E-state index is 12.7. The molecule has 3 fully saturated rings. The molecule has 1 aromatic rings. The summed E-state index contributed by atoms with van der Waals surface area (Å²) in [7, 11) is 1.81. The molecule has 0 unspecified atom stereocenters. The Morgan fingerprint density at radius 2 is 2.21 bits per heavy atom. The van der Waals surface area contributed by atoms with Gasteiger partial charge in [0.25, 0.3) is 0 Å². The summed E-state index contributed by atoms with van der Waals surface area (Å²) in [5, 5.41) is 0. The Morgan fingerprint density at radius 1 is 1.33 bits per heavy atom. The van der Waals surface area contributed by atoms with Gasteiger partial charge in [-0.25, -0.2) is 0 Å². The number of rotatable bonds is 5. The lowest BCUT2D eigenvalue weighted by molar-refractivity contribution is -0.139. The second-order valence-electron chi connectivity index (χ2n) is 7.58. The summed E-state index contributed by atoms with van der Waals surface area (Å²) in [5.74, 6) is 1.46. The standard InChI is InChI=1S/C19H27N3O2/c1-24-18-6-8-22(19(23)9-14-4-5-14)17-13-21(12-16(17)18)11-15-3-2-7-20-10-15/h2-3,7,10,14,16-18H,4-6,8-9,11-13H2,1H3/t16-,17+,18+/m0/s1. The van der Waals surface area contributed by atoms with E-state index in [1.54, 1.807) is 0 Å². The topological polar surface area (TPSA) is 45.7 Å². The quantitative estimate of drug-likeness (QED) is 0.828. The van der Waals surface area contributed by atoms with Crippen LogP contribution in [0.15, 0.2) is 24.5 Å². The van der Waals surface area contributed by atoms with Crippen molar-refractivity contribution in [1.82, 2.24) is 14.8 Å². The number of carbonyl (C=O) groups excluding carboxylic acids is 1. The van der Waals surface area contributed by atoms with Gasteiger partial charge in [0, 0.05) is 58.0 Å². The fourth-order valence-corrected chi connectivity index (χ4v) is 4.40. The Balaban J connectivity index is 1.45. The minimum Gasteiger partial charge on any atom is -0.381 e. The van der Waals surface area contributed by atoms with Crippen molar-refractivity contribution < 1.29 is 9.53 Å². The van der Waals surface area contributed by atoms with Crippen molar-refractivity contribution in [2.75, 3.05) is 26.7 Å². The maximum absolute atomic E-state index is 12.7. The average Bonchev–Trinajstić information content (AvgIpc) is 3.31. The van der Waals surface area contributed by atoms with E-state index in [1.807, 2.05) is 25.6 Å². The molecule has 1 aromatic heterocycles. The van der Waals surface area contributed by atoms with E-state index >= 15 is 0 Å². The lowest BCUT2D eigenvalue weighted by Crippen LogP contribution is -2.53. The minimum absolute atomic E-state index is 0.277. The van der Waals surface area contributed by atoms with E-state index in [1.165, 1.54) is 18.4 Å². The van der Waals surface area contributed by atoms with Gasteiger partial charge in [-0.3, -0.25) is 14.7 Å². The first-order valence-corrected chi connectivity index (χ1v) is 9.18. The molecule has 0 spiro atoms. The van der Waals surface area contributed by atoms with Crippen molar-refractivity contribution in [2.45, 2.75) is 44.4 Å². The summed E-state index contributed by atoms with van der Waals surface area (Å²) >= 11 is 0. The average molecular weight is 329 g/mol. The normalized spacial score (nSPS) is 30.4. The van der Waals surface area contributed by atoms with Crippen LogP contribution in [0.5, 0.6) is 0 Å². The van der Waals surface area contributed by atoms with E-state index in [2.05, 4.69) is 20.9 Å². The van der Waals surface area contributed by atoms with Crippen molar-refractivity contribution in [3.8, 4) is 0 Å². The van der Waals surface area contributed by atoms with Crippen LogP contribution < -0.4 is 0 Å². The van der Waals surface area contributed by atoms with E-state index in [0.717, 1.165) is 39.0 Å². The fourth-order valence-electron chi connectivity index (χ4n) is 4.40. The van der Waals surface area contributed by atoms with Crippen molar-refractivity contribution in [3.63, 3.8) is 0 Å². The molecule has 3 atom stereocenters. The van der Waals surface area contributed by atoms with Crippen LogP contribution in [0.25, 0.3) is 0 Å². The van der Waals surface area contributed by atoms with E-state index in [-0.39, 0.29) is 6.10 Å². The lowest BCUT2D eigenvalue weighted by Gasteiger charge is -2.41. The molecule has 5 heteroatoms.